The van der Waals surface area contributed by atoms with Crippen LogP contribution in [0.25, 0.3) is 10.8 Å². The molecule has 0 aliphatic heterocycles. The fourth-order valence-electron chi connectivity index (χ4n) is 3.57. The zero-order valence-corrected chi connectivity index (χ0v) is 21.4. The summed E-state index contributed by atoms with van der Waals surface area (Å²) in [5.41, 5.74) is 0.920. The average Bonchev–Trinajstić information content (AvgIpc) is 2.80. The van der Waals surface area contributed by atoms with E-state index in [-0.39, 0.29) is 5.75 Å². The fourth-order valence-corrected chi connectivity index (χ4v) is 4.83. The van der Waals surface area contributed by atoms with E-state index >= 15 is 0 Å². The first-order valence-electron chi connectivity index (χ1n) is 10.4. The Morgan fingerprint density at radius 2 is 1.85 bits per heavy atom. The summed E-state index contributed by atoms with van der Waals surface area (Å²) >= 11 is 6.71. The van der Waals surface area contributed by atoms with E-state index in [9.17, 15) is 14.7 Å². The molecule has 34 heavy (non-hydrogen) atoms. The molecule has 2 atom stereocenters. The highest BCUT2D eigenvalue weighted by Gasteiger charge is 2.30. The number of methoxy groups -OCH3 is 1. The van der Waals surface area contributed by atoms with Gasteiger partial charge in [-0.15, -0.1) is 0 Å². The summed E-state index contributed by atoms with van der Waals surface area (Å²) in [6, 6.07) is 16.5. The lowest BCUT2D eigenvalue weighted by Crippen LogP contribution is -2.28. The molecule has 0 aliphatic carbocycles. The van der Waals surface area contributed by atoms with E-state index in [4.69, 9.17) is 14.6 Å². The number of aromatic hydroxyl groups is 1. The summed E-state index contributed by atoms with van der Waals surface area (Å²) in [6.45, 7) is 0. The van der Waals surface area contributed by atoms with Gasteiger partial charge >= 0.3 is 12.1 Å². The molecule has 0 bridgehead atoms. The summed E-state index contributed by atoms with van der Waals surface area (Å²) in [5, 5.41) is 24.1. The molecule has 0 unspecified atom stereocenters. The normalized spacial score (nSPS) is 13.0. The number of fused-ring (bicyclic) bond motifs is 1. The third kappa shape index (κ3) is 6.59. The topological polar surface area (TPSA) is 105 Å². The number of ether oxygens (including phenoxy) is 2. The molecular formula is C25H23Br2NO6. The number of carboxylic acids is 1. The van der Waals surface area contributed by atoms with E-state index in [1.807, 2.05) is 36.4 Å². The molecule has 3 rings (SSSR count). The van der Waals surface area contributed by atoms with Gasteiger partial charge in [-0.1, -0.05) is 58.4 Å². The smallest absolute Gasteiger partial charge is 0.412 e. The second-order valence-corrected chi connectivity index (χ2v) is 9.17. The van der Waals surface area contributed by atoms with Crippen LogP contribution in [-0.4, -0.2) is 35.5 Å². The van der Waals surface area contributed by atoms with E-state index in [1.54, 1.807) is 18.2 Å². The number of anilines is 1. The van der Waals surface area contributed by atoms with Crippen molar-refractivity contribution in [2.45, 2.75) is 25.0 Å². The molecule has 3 aromatic carbocycles. The van der Waals surface area contributed by atoms with Crippen LogP contribution >= 0.6 is 31.9 Å². The minimum Gasteiger partial charge on any atom is -0.506 e. The first kappa shape index (κ1) is 25.7. The molecular weight excluding hydrogens is 570 g/mol. The summed E-state index contributed by atoms with van der Waals surface area (Å²) in [5.74, 6) is -1.14. The van der Waals surface area contributed by atoms with Gasteiger partial charge in [0.1, 0.15) is 5.75 Å². The van der Waals surface area contributed by atoms with Gasteiger partial charge < -0.3 is 19.7 Å². The largest absolute Gasteiger partial charge is 0.506 e. The second-order valence-electron chi connectivity index (χ2n) is 7.40. The molecule has 0 radical (unpaired) electrons. The minimum absolute atomic E-state index is 0.0886. The van der Waals surface area contributed by atoms with E-state index < -0.39 is 24.3 Å². The van der Waals surface area contributed by atoms with Gasteiger partial charge in [0, 0.05) is 28.6 Å². The number of hydrogen-bond donors (Lipinski definition) is 3. The highest BCUT2D eigenvalue weighted by molar-refractivity contribution is 9.11. The Balaban J connectivity index is 1.89. The number of carboxylic acid groups (broad SMARTS) is 1. The van der Waals surface area contributed by atoms with Crippen LogP contribution in [0, 0.1) is 0 Å². The maximum Gasteiger partial charge on any atom is 0.412 e. The number of nitrogens with one attached hydrogen (secondary N) is 1. The van der Waals surface area contributed by atoms with Crippen LogP contribution in [0.4, 0.5) is 10.5 Å². The van der Waals surface area contributed by atoms with Crippen molar-refractivity contribution in [3.8, 4) is 5.75 Å². The van der Waals surface area contributed by atoms with Gasteiger partial charge in [0.05, 0.1) is 16.3 Å². The number of aliphatic carboxylic acids is 1. The molecule has 1 amide bonds. The number of hydrogen-bond acceptors (Lipinski definition) is 5. The molecule has 0 fully saturated rings. The number of allylic oxidation sites excluding steroid dienone is 1. The van der Waals surface area contributed by atoms with Crippen molar-refractivity contribution >= 4 is 60.4 Å². The van der Waals surface area contributed by atoms with Crippen LogP contribution in [0.1, 0.15) is 24.5 Å². The van der Waals surface area contributed by atoms with Crippen molar-refractivity contribution in [2.24, 2.45) is 0 Å². The number of carbonyl (C=O) groups is 2. The third-order valence-corrected chi connectivity index (χ3v) is 6.21. The van der Waals surface area contributed by atoms with Gasteiger partial charge in [-0.05, 0) is 52.4 Å². The van der Waals surface area contributed by atoms with E-state index in [1.165, 1.54) is 13.2 Å². The molecule has 0 saturated carbocycles. The Morgan fingerprint density at radius 3 is 2.59 bits per heavy atom. The lowest BCUT2D eigenvalue weighted by atomic mass is 9.99. The summed E-state index contributed by atoms with van der Waals surface area (Å²) in [7, 11) is 1.47. The van der Waals surface area contributed by atoms with Crippen molar-refractivity contribution in [2.75, 3.05) is 12.4 Å². The first-order valence-corrected chi connectivity index (χ1v) is 11.9. The third-order valence-electron chi connectivity index (χ3n) is 5.14. The molecule has 3 N–H and O–H groups in total. The maximum absolute atomic E-state index is 13.0. The van der Waals surface area contributed by atoms with Gasteiger partial charge in [-0.3, -0.25) is 5.32 Å². The number of phenols is 1. The SMILES string of the molecule is CO[C@H](CC/C=C/C(=O)O)[C@H](OC(=O)Nc1cccc2ccccc12)c1cc(Br)cc(Br)c1O. The standard InChI is InChI=1S/C25H23Br2NO6/c1-33-21(11-4-5-12-22(29)30)24(18-13-16(26)14-19(27)23(18)31)34-25(32)28-20-10-6-8-15-7-2-3-9-17(15)20/h2-3,5-10,12-14,21,24,31H,4,11H2,1H3,(H,28,32)(H,29,30)/b12-5+/t21-,24-/m1/s1. The van der Waals surface area contributed by atoms with Gasteiger partial charge in [0.2, 0.25) is 0 Å². The number of amides is 1. The predicted molar refractivity (Wildman–Crippen MR) is 137 cm³/mol. The molecule has 9 heteroatoms. The van der Waals surface area contributed by atoms with Crippen molar-refractivity contribution in [3.63, 3.8) is 0 Å². The van der Waals surface area contributed by atoms with E-state index in [0.29, 0.717) is 33.0 Å². The second kappa shape index (κ2) is 12.0. The highest BCUT2D eigenvalue weighted by atomic mass is 79.9. The van der Waals surface area contributed by atoms with Gasteiger partial charge in [0.15, 0.2) is 6.10 Å². The molecule has 0 heterocycles. The molecule has 7 nitrogen and oxygen atoms in total. The monoisotopic (exact) mass is 591 g/mol. The van der Waals surface area contributed by atoms with Crippen molar-refractivity contribution in [3.05, 3.63) is 81.3 Å². The Morgan fingerprint density at radius 1 is 1.12 bits per heavy atom. The highest BCUT2D eigenvalue weighted by Crippen LogP contribution is 2.39. The predicted octanol–water partition coefficient (Wildman–Crippen LogP) is 6.80. The van der Waals surface area contributed by atoms with Gasteiger partial charge in [0.25, 0.3) is 0 Å². The molecule has 0 aromatic heterocycles. The maximum atomic E-state index is 13.0. The quantitative estimate of drug-likeness (QED) is 0.236. The Kier molecular flexibility index (Phi) is 9.09. The van der Waals surface area contributed by atoms with Crippen LogP contribution in [0.2, 0.25) is 0 Å². The molecule has 0 saturated heterocycles. The van der Waals surface area contributed by atoms with E-state index in [2.05, 4.69) is 37.2 Å². The summed E-state index contributed by atoms with van der Waals surface area (Å²) in [6.07, 6.45) is 0.888. The Hall–Kier alpha value is -2.88. The van der Waals surface area contributed by atoms with Crippen LogP contribution in [0.5, 0.6) is 5.75 Å². The molecule has 178 valence electrons. The lowest BCUT2D eigenvalue weighted by Gasteiger charge is -2.27. The number of phenolic OH excluding ortho intramolecular Hbond substituents is 1. The summed E-state index contributed by atoms with van der Waals surface area (Å²) < 4.78 is 12.5. The molecule has 0 aliphatic rings. The van der Waals surface area contributed by atoms with Crippen molar-refractivity contribution in [1.82, 2.24) is 0 Å². The number of benzene rings is 3. The van der Waals surface area contributed by atoms with Gasteiger partial charge in [-0.25, -0.2) is 9.59 Å². The molecule has 0 spiro atoms. The van der Waals surface area contributed by atoms with Crippen LogP contribution in [-0.2, 0) is 14.3 Å². The van der Waals surface area contributed by atoms with Crippen LogP contribution < -0.4 is 5.32 Å². The Bertz CT molecular complexity index is 1210. The Labute approximate surface area is 213 Å². The van der Waals surface area contributed by atoms with Crippen molar-refractivity contribution in [1.29, 1.82) is 0 Å². The van der Waals surface area contributed by atoms with Crippen LogP contribution in [0.3, 0.4) is 0 Å². The number of carbonyl (C=O) groups excluding carboxylic acids is 1. The van der Waals surface area contributed by atoms with Crippen molar-refractivity contribution < 1.29 is 29.3 Å². The average molecular weight is 593 g/mol. The molecule has 3 aromatic rings. The van der Waals surface area contributed by atoms with Gasteiger partial charge in [-0.2, -0.15) is 0 Å². The minimum atomic E-state index is -1.05. The zero-order chi connectivity index (χ0) is 24.7. The van der Waals surface area contributed by atoms with Crippen LogP contribution in [0.15, 0.2) is 75.7 Å². The first-order chi connectivity index (χ1) is 16.3. The lowest BCUT2D eigenvalue weighted by molar-refractivity contribution is -0.131. The number of halogens is 2. The summed E-state index contributed by atoms with van der Waals surface area (Å²) in [4.78, 5) is 23.7. The number of rotatable bonds is 9. The zero-order valence-electron chi connectivity index (χ0n) is 18.2. The fraction of sp³-hybridized carbons (Fsp3) is 0.200. The van der Waals surface area contributed by atoms with E-state index in [0.717, 1.165) is 16.8 Å².